The molecule has 3 rings (SSSR count). The van der Waals surface area contributed by atoms with Gasteiger partial charge in [-0.2, -0.15) is 0 Å². The quantitative estimate of drug-likeness (QED) is 0.858. The van der Waals surface area contributed by atoms with Gasteiger partial charge in [0.25, 0.3) is 0 Å². The molecule has 0 bridgehead atoms. The van der Waals surface area contributed by atoms with Crippen LogP contribution in [0.1, 0.15) is 43.9 Å². The molecule has 0 aliphatic carbocycles. The maximum absolute atomic E-state index is 12.6. The Balaban J connectivity index is 1.67. The Morgan fingerprint density at radius 3 is 2.77 bits per heavy atom. The number of nitrogens with zero attached hydrogens (tertiary/aromatic N) is 2. The lowest BCUT2D eigenvalue weighted by Gasteiger charge is -2.28. The van der Waals surface area contributed by atoms with E-state index in [-0.39, 0.29) is 11.9 Å². The van der Waals surface area contributed by atoms with Crippen LogP contribution in [0.25, 0.3) is 0 Å². The fourth-order valence-electron chi connectivity index (χ4n) is 3.59. The zero-order valence-corrected chi connectivity index (χ0v) is 13.9. The lowest BCUT2D eigenvalue weighted by molar-refractivity contribution is -0.133. The lowest BCUT2D eigenvalue weighted by atomic mass is 9.92. The molecule has 1 fully saturated rings. The van der Waals surface area contributed by atoms with Gasteiger partial charge in [-0.25, -0.2) is 4.98 Å². The molecule has 2 aromatic rings. The number of hydrogen-bond acceptors (Lipinski definition) is 3. The van der Waals surface area contributed by atoms with E-state index in [0.29, 0.717) is 18.4 Å². The van der Waals surface area contributed by atoms with Crippen molar-refractivity contribution >= 4 is 17.2 Å². The second kappa shape index (κ2) is 6.61. The fraction of sp³-hybridized carbons (Fsp3) is 0.444. The highest BCUT2D eigenvalue weighted by Gasteiger charge is 2.39. The van der Waals surface area contributed by atoms with Gasteiger partial charge in [-0.05, 0) is 32.3 Å². The van der Waals surface area contributed by atoms with E-state index in [1.54, 1.807) is 11.3 Å². The predicted molar refractivity (Wildman–Crippen MR) is 90.0 cm³/mol. The normalized spacial score (nSPS) is 24.6. The molecule has 1 saturated heterocycles. The second-order valence-electron chi connectivity index (χ2n) is 6.12. The number of likely N-dealkylation sites (tertiary alicyclic amines) is 1. The minimum absolute atomic E-state index is 0.256. The first-order valence-corrected chi connectivity index (χ1v) is 8.84. The topological polar surface area (TPSA) is 33.2 Å². The minimum atomic E-state index is 0.256. The summed E-state index contributed by atoms with van der Waals surface area (Å²) in [6.45, 7) is 4.35. The fourth-order valence-corrected chi connectivity index (χ4v) is 4.18. The average molecular weight is 314 g/mol. The number of carbonyl (C=O) groups is 1. The van der Waals surface area contributed by atoms with Crippen LogP contribution in [0, 0.1) is 0 Å². The van der Waals surface area contributed by atoms with Crippen LogP contribution >= 0.6 is 11.3 Å². The van der Waals surface area contributed by atoms with Crippen molar-refractivity contribution in [2.45, 2.75) is 51.1 Å². The van der Waals surface area contributed by atoms with Crippen molar-refractivity contribution in [1.29, 1.82) is 0 Å². The molecule has 0 saturated carbocycles. The molecule has 4 heteroatoms. The number of rotatable bonds is 4. The van der Waals surface area contributed by atoms with Gasteiger partial charge in [-0.15, -0.1) is 11.3 Å². The number of aromatic nitrogens is 1. The molecule has 1 aromatic carbocycles. The first-order valence-electron chi connectivity index (χ1n) is 7.90. The molecule has 1 aromatic heterocycles. The molecule has 0 spiro atoms. The van der Waals surface area contributed by atoms with Crippen molar-refractivity contribution in [2.24, 2.45) is 0 Å². The summed E-state index contributed by atoms with van der Waals surface area (Å²) in [5.41, 5.74) is 4.20. The van der Waals surface area contributed by atoms with Gasteiger partial charge in [0, 0.05) is 29.8 Å². The monoisotopic (exact) mass is 314 g/mol. The Labute approximate surface area is 136 Å². The van der Waals surface area contributed by atoms with Crippen LogP contribution < -0.4 is 0 Å². The Morgan fingerprint density at radius 2 is 2.09 bits per heavy atom. The molecule has 3 nitrogen and oxygen atoms in total. The van der Waals surface area contributed by atoms with Gasteiger partial charge in [0.05, 0.1) is 11.2 Å². The van der Waals surface area contributed by atoms with Crippen molar-refractivity contribution in [3.63, 3.8) is 0 Å². The first kappa shape index (κ1) is 15.2. The van der Waals surface area contributed by atoms with Crippen LogP contribution in [-0.2, 0) is 11.2 Å². The number of hydrogen-bond donors (Lipinski definition) is 0. The maximum Gasteiger partial charge on any atom is 0.223 e. The number of thiazole rings is 1. The Bertz CT molecular complexity index is 611. The van der Waals surface area contributed by atoms with Crippen molar-refractivity contribution in [3.8, 4) is 0 Å². The standard InChI is InChI=1S/C18H22N2OS/c1-13-10-17(15-6-4-3-5-7-15)14(2)20(13)18(21)9-8-16-11-22-12-19-16/h3-7,11-14,17H,8-10H2,1-2H3/t13-,14-,17-/m1/s1. The second-order valence-corrected chi connectivity index (χ2v) is 6.84. The van der Waals surface area contributed by atoms with Crippen LogP contribution in [0.3, 0.4) is 0 Å². The number of amides is 1. The van der Waals surface area contributed by atoms with E-state index in [2.05, 4.69) is 48.0 Å². The van der Waals surface area contributed by atoms with Crippen LogP contribution in [0.4, 0.5) is 0 Å². The summed E-state index contributed by atoms with van der Waals surface area (Å²) >= 11 is 1.59. The molecular weight excluding hydrogens is 292 g/mol. The summed E-state index contributed by atoms with van der Waals surface area (Å²) in [6, 6.07) is 11.1. The Morgan fingerprint density at radius 1 is 1.32 bits per heavy atom. The number of carbonyl (C=O) groups excluding carboxylic acids is 1. The van der Waals surface area contributed by atoms with Gasteiger partial charge in [-0.3, -0.25) is 4.79 Å². The SMILES string of the molecule is C[C@@H]1C[C@@H](c2ccccc2)[C@@H](C)N1C(=O)CCc1cscn1. The molecular formula is C18H22N2OS. The van der Waals surface area contributed by atoms with E-state index in [4.69, 9.17) is 0 Å². The summed E-state index contributed by atoms with van der Waals surface area (Å²) in [5, 5.41) is 2.02. The molecule has 2 heterocycles. The highest BCUT2D eigenvalue weighted by Crippen LogP contribution is 2.37. The molecule has 0 N–H and O–H groups in total. The van der Waals surface area contributed by atoms with Crippen molar-refractivity contribution in [2.75, 3.05) is 0 Å². The zero-order chi connectivity index (χ0) is 15.5. The number of benzene rings is 1. The van der Waals surface area contributed by atoms with Gasteiger partial charge in [-0.1, -0.05) is 30.3 Å². The maximum atomic E-state index is 12.6. The van der Waals surface area contributed by atoms with Gasteiger partial charge in [0.2, 0.25) is 5.91 Å². The molecule has 0 radical (unpaired) electrons. The Kier molecular flexibility index (Phi) is 4.57. The van der Waals surface area contributed by atoms with E-state index in [1.165, 1.54) is 5.56 Å². The van der Waals surface area contributed by atoms with E-state index in [0.717, 1.165) is 18.5 Å². The smallest absolute Gasteiger partial charge is 0.223 e. The third-order valence-corrected chi connectivity index (χ3v) is 5.32. The molecule has 1 aliphatic heterocycles. The summed E-state index contributed by atoms with van der Waals surface area (Å²) in [7, 11) is 0. The average Bonchev–Trinajstić information content (AvgIpc) is 3.14. The summed E-state index contributed by atoms with van der Waals surface area (Å²) in [5.74, 6) is 0.700. The first-order chi connectivity index (χ1) is 10.7. The molecule has 0 unspecified atom stereocenters. The lowest BCUT2D eigenvalue weighted by Crippen LogP contribution is -2.39. The van der Waals surface area contributed by atoms with E-state index in [1.807, 2.05) is 17.0 Å². The van der Waals surface area contributed by atoms with Gasteiger partial charge in [0.15, 0.2) is 0 Å². The van der Waals surface area contributed by atoms with Crippen LogP contribution in [0.2, 0.25) is 0 Å². The third-order valence-electron chi connectivity index (χ3n) is 4.69. The van der Waals surface area contributed by atoms with Gasteiger partial charge >= 0.3 is 0 Å². The highest BCUT2D eigenvalue weighted by atomic mass is 32.1. The van der Waals surface area contributed by atoms with E-state index < -0.39 is 0 Å². The van der Waals surface area contributed by atoms with Crippen molar-refractivity contribution in [1.82, 2.24) is 9.88 Å². The van der Waals surface area contributed by atoms with E-state index >= 15 is 0 Å². The Hall–Kier alpha value is -1.68. The van der Waals surface area contributed by atoms with Crippen LogP contribution in [0.5, 0.6) is 0 Å². The largest absolute Gasteiger partial charge is 0.337 e. The van der Waals surface area contributed by atoms with E-state index in [9.17, 15) is 4.79 Å². The zero-order valence-electron chi connectivity index (χ0n) is 13.1. The van der Waals surface area contributed by atoms with Crippen molar-refractivity contribution in [3.05, 3.63) is 52.5 Å². The molecule has 1 aliphatic rings. The number of aryl methyl sites for hydroxylation is 1. The predicted octanol–water partition coefficient (Wildman–Crippen LogP) is 3.87. The van der Waals surface area contributed by atoms with Gasteiger partial charge < -0.3 is 4.90 Å². The van der Waals surface area contributed by atoms with Crippen molar-refractivity contribution < 1.29 is 4.79 Å². The van der Waals surface area contributed by atoms with Crippen LogP contribution in [-0.4, -0.2) is 27.9 Å². The van der Waals surface area contributed by atoms with Crippen LogP contribution in [0.15, 0.2) is 41.2 Å². The summed E-state index contributed by atoms with van der Waals surface area (Å²) in [6.07, 6.45) is 2.35. The molecule has 3 atom stereocenters. The molecule has 116 valence electrons. The third kappa shape index (κ3) is 3.07. The highest BCUT2D eigenvalue weighted by molar-refractivity contribution is 7.07. The summed E-state index contributed by atoms with van der Waals surface area (Å²) in [4.78, 5) is 19.0. The van der Waals surface area contributed by atoms with Gasteiger partial charge in [0.1, 0.15) is 0 Å². The minimum Gasteiger partial charge on any atom is -0.337 e. The summed E-state index contributed by atoms with van der Waals surface area (Å²) < 4.78 is 0. The molecule has 22 heavy (non-hydrogen) atoms. The molecule has 1 amide bonds.